The van der Waals surface area contributed by atoms with Crippen molar-refractivity contribution in [3.05, 3.63) is 64.8 Å². The molecule has 2 heterocycles. The standard InChI is InChI=1S/C21H20FN3OS/c1-24-20(26)19(27-21(24)23-18-7-3-2-6-17(18)22)14-15-8-10-16(11-9-15)25-12-4-5-13-25/h2-3,6-11,14H,4-5,12-13H2,1H3/b19-14+,23-21?. The molecule has 0 unspecified atom stereocenters. The van der Waals surface area contributed by atoms with Crippen molar-refractivity contribution in [2.24, 2.45) is 4.99 Å². The van der Waals surface area contributed by atoms with E-state index in [4.69, 9.17) is 0 Å². The number of anilines is 1. The molecular weight excluding hydrogens is 361 g/mol. The summed E-state index contributed by atoms with van der Waals surface area (Å²) in [6.07, 6.45) is 4.35. The van der Waals surface area contributed by atoms with Crippen molar-refractivity contribution in [3.8, 4) is 0 Å². The van der Waals surface area contributed by atoms with E-state index in [-0.39, 0.29) is 11.6 Å². The molecule has 2 aromatic rings. The maximum Gasteiger partial charge on any atom is 0.266 e. The average Bonchev–Trinajstić information content (AvgIpc) is 3.30. The van der Waals surface area contributed by atoms with Gasteiger partial charge in [0.05, 0.1) is 4.91 Å². The van der Waals surface area contributed by atoms with E-state index in [2.05, 4.69) is 22.0 Å². The van der Waals surface area contributed by atoms with Gasteiger partial charge in [-0.1, -0.05) is 24.3 Å². The molecule has 6 heteroatoms. The number of thioether (sulfide) groups is 1. The monoisotopic (exact) mass is 381 g/mol. The molecule has 0 atom stereocenters. The molecule has 27 heavy (non-hydrogen) atoms. The first kappa shape index (κ1) is 17.8. The maximum absolute atomic E-state index is 13.8. The Balaban J connectivity index is 1.55. The zero-order valence-electron chi connectivity index (χ0n) is 15.1. The van der Waals surface area contributed by atoms with Crippen molar-refractivity contribution >= 4 is 40.3 Å². The molecule has 2 aliphatic heterocycles. The van der Waals surface area contributed by atoms with Gasteiger partial charge in [0.1, 0.15) is 11.5 Å². The minimum atomic E-state index is -0.401. The van der Waals surface area contributed by atoms with Crippen LogP contribution in [0.1, 0.15) is 18.4 Å². The minimum Gasteiger partial charge on any atom is -0.372 e. The highest BCUT2D eigenvalue weighted by Gasteiger charge is 2.30. The van der Waals surface area contributed by atoms with Gasteiger partial charge in [-0.15, -0.1) is 0 Å². The van der Waals surface area contributed by atoms with E-state index in [1.165, 1.54) is 41.3 Å². The topological polar surface area (TPSA) is 35.9 Å². The first-order valence-corrected chi connectivity index (χ1v) is 9.79. The molecule has 2 aliphatic rings. The smallest absolute Gasteiger partial charge is 0.266 e. The molecule has 0 spiro atoms. The third kappa shape index (κ3) is 3.76. The van der Waals surface area contributed by atoms with Crippen LogP contribution in [0, 0.1) is 5.82 Å². The molecule has 0 saturated carbocycles. The Morgan fingerprint density at radius 3 is 2.48 bits per heavy atom. The number of carbonyl (C=O) groups excluding carboxylic acids is 1. The maximum atomic E-state index is 13.8. The lowest BCUT2D eigenvalue weighted by Crippen LogP contribution is -2.23. The molecular formula is C21H20FN3OS. The Morgan fingerprint density at radius 2 is 1.78 bits per heavy atom. The van der Waals surface area contributed by atoms with Gasteiger partial charge in [0.25, 0.3) is 5.91 Å². The molecule has 0 aliphatic carbocycles. The SMILES string of the molecule is CN1C(=O)/C(=C\c2ccc(N3CCCC3)cc2)SC1=Nc1ccccc1F. The molecule has 0 bridgehead atoms. The average molecular weight is 381 g/mol. The van der Waals surface area contributed by atoms with Crippen LogP contribution in [0.15, 0.2) is 58.4 Å². The molecule has 138 valence electrons. The third-order valence-electron chi connectivity index (χ3n) is 4.73. The van der Waals surface area contributed by atoms with Crippen molar-refractivity contribution in [2.45, 2.75) is 12.8 Å². The van der Waals surface area contributed by atoms with Gasteiger partial charge in [0, 0.05) is 25.8 Å². The number of carbonyl (C=O) groups is 1. The van der Waals surface area contributed by atoms with Gasteiger partial charge in [-0.05, 0) is 60.5 Å². The summed E-state index contributed by atoms with van der Waals surface area (Å²) in [6.45, 7) is 2.21. The Labute approximate surface area is 162 Å². The highest BCUT2D eigenvalue weighted by molar-refractivity contribution is 8.18. The number of aliphatic imine (C=N–C) groups is 1. The lowest BCUT2D eigenvalue weighted by atomic mass is 10.2. The number of benzene rings is 2. The van der Waals surface area contributed by atoms with Gasteiger partial charge in [0.2, 0.25) is 0 Å². The van der Waals surface area contributed by atoms with Crippen LogP contribution in [0.3, 0.4) is 0 Å². The van der Waals surface area contributed by atoms with Crippen LogP contribution < -0.4 is 4.90 Å². The van der Waals surface area contributed by atoms with Crippen LogP contribution in [-0.2, 0) is 4.79 Å². The number of nitrogens with zero attached hydrogens (tertiary/aromatic N) is 3. The Bertz CT molecular complexity index is 917. The fraction of sp³-hybridized carbons (Fsp3) is 0.238. The summed E-state index contributed by atoms with van der Waals surface area (Å²) in [5.41, 5.74) is 2.42. The van der Waals surface area contributed by atoms with E-state index in [0.717, 1.165) is 18.7 Å². The first-order chi connectivity index (χ1) is 13.1. The number of hydrogen-bond acceptors (Lipinski definition) is 4. The second kappa shape index (κ2) is 7.56. The predicted octanol–water partition coefficient (Wildman–Crippen LogP) is 4.66. The minimum absolute atomic E-state index is 0.126. The van der Waals surface area contributed by atoms with E-state index in [1.54, 1.807) is 25.2 Å². The molecule has 0 N–H and O–H groups in total. The first-order valence-electron chi connectivity index (χ1n) is 8.98. The second-order valence-corrected chi connectivity index (χ2v) is 7.62. The van der Waals surface area contributed by atoms with Crippen LogP contribution in [0.5, 0.6) is 0 Å². The zero-order chi connectivity index (χ0) is 18.8. The number of amidine groups is 1. The summed E-state index contributed by atoms with van der Waals surface area (Å²) in [7, 11) is 1.66. The van der Waals surface area contributed by atoms with Crippen LogP contribution in [0.25, 0.3) is 6.08 Å². The van der Waals surface area contributed by atoms with Crippen molar-refractivity contribution < 1.29 is 9.18 Å². The number of hydrogen-bond donors (Lipinski definition) is 0. The number of halogens is 1. The van der Waals surface area contributed by atoms with Crippen molar-refractivity contribution in [1.82, 2.24) is 4.90 Å². The summed E-state index contributed by atoms with van der Waals surface area (Å²) in [5, 5.41) is 0.477. The molecule has 1 amide bonds. The quantitative estimate of drug-likeness (QED) is 0.726. The van der Waals surface area contributed by atoms with Crippen LogP contribution in [0.2, 0.25) is 0 Å². The van der Waals surface area contributed by atoms with Crippen LogP contribution in [-0.4, -0.2) is 36.1 Å². The Kier molecular flexibility index (Phi) is 4.99. The van der Waals surface area contributed by atoms with Gasteiger partial charge >= 0.3 is 0 Å². The lowest BCUT2D eigenvalue weighted by Gasteiger charge is -2.17. The van der Waals surface area contributed by atoms with E-state index < -0.39 is 5.82 Å². The number of amides is 1. The van der Waals surface area contributed by atoms with Gasteiger partial charge in [0.15, 0.2) is 5.17 Å². The largest absolute Gasteiger partial charge is 0.372 e. The fourth-order valence-corrected chi connectivity index (χ4v) is 4.18. The molecule has 2 fully saturated rings. The molecule has 2 saturated heterocycles. The molecule has 4 nitrogen and oxygen atoms in total. The van der Waals surface area contributed by atoms with Crippen LogP contribution >= 0.6 is 11.8 Å². The summed E-state index contributed by atoms with van der Waals surface area (Å²) in [4.78, 5) is 21.3. The molecule has 2 aromatic carbocycles. The van der Waals surface area contributed by atoms with Crippen molar-refractivity contribution in [3.63, 3.8) is 0 Å². The van der Waals surface area contributed by atoms with E-state index in [9.17, 15) is 9.18 Å². The summed E-state index contributed by atoms with van der Waals surface area (Å²) in [5.74, 6) is -0.528. The van der Waals surface area contributed by atoms with Gasteiger partial charge in [-0.2, -0.15) is 0 Å². The van der Waals surface area contributed by atoms with Crippen molar-refractivity contribution in [1.29, 1.82) is 0 Å². The Morgan fingerprint density at radius 1 is 1.07 bits per heavy atom. The van der Waals surface area contributed by atoms with Crippen molar-refractivity contribution in [2.75, 3.05) is 25.0 Å². The molecule has 0 radical (unpaired) electrons. The van der Waals surface area contributed by atoms with E-state index >= 15 is 0 Å². The van der Waals surface area contributed by atoms with Gasteiger partial charge in [-0.25, -0.2) is 9.38 Å². The van der Waals surface area contributed by atoms with E-state index in [0.29, 0.717) is 10.1 Å². The second-order valence-electron chi connectivity index (χ2n) is 6.61. The normalized spacial score (nSPS) is 20.3. The number of likely N-dealkylation sites (N-methyl/N-ethyl adjacent to an activating group) is 1. The summed E-state index contributed by atoms with van der Waals surface area (Å²) < 4.78 is 13.8. The van der Waals surface area contributed by atoms with Crippen LogP contribution in [0.4, 0.5) is 15.8 Å². The molecule has 4 rings (SSSR count). The third-order valence-corrected chi connectivity index (χ3v) is 5.79. The highest BCUT2D eigenvalue weighted by Crippen LogP contribution is 2.34. The fourth-order valence-electron chi connectivity index (χ4n) is 3.21. The van der Waals surface area contributed by atoms with Gasteiger partial charge in [-0.3, -0.25) is 9.69 Å². The lowest BCUT2D eigenvalue weighted by molar-refractivity contribution is -0.121. The molecule has 0 aromatic heterocycles. The van der Waals surface area contributed by atoms with E-state index in [1.807, 2.05) is 18.2 Å². The van der Waals surface area contributed by atoms with Gasteiger partial charge < -0.3 is 4.90 Å². The summed E-state index contributed by atoms with van der Waals surface area (Å²) in [6, 6.07) is 14.6. The Hall–Kier alpha value is -2.60. The highest BCUT2D eigenvalue weighted by atomic mass is 32.2. The predicted molar refractivity (Wildman–Crippen MR) is 110 cm³/mol. The zero-order valence-corrected chi connectivity index (χ0v) is 15.9. The number of rotatable bonds is 3. The number of para-hydroxylation sites is 1. The summed E-state index contributed by atoms with van der Waals surface area (Å²) >= 11 is 1.27.